The number of rotatable bonds is 8. The highest BCUT2D eigenvalue weighted by molar-refractivity contribution is 7.16. The molecule has 2 N–H and O–H groups in total. The van der Waals surface area contributed by atoms with Gasteiger partial charge in [-0.05, 0) is 36.4 Å². The molecule has 0 aliphatic rings. The van der Waals surface area contributed by atoms with Crippen LogP contribution in [0.25, 0.3) is 11.3 Å². The van der Waals surface area contributed by atoms with E-state index in [4.69, 9.17) is 11.6 Å². The lowest BCUT2D eigenvalue weighted by Gasteiger charge is -2.09. The maximum atomic E-state index is 13.3. The van der Waals surface area contributed by atoms with Crippen molar-refractivity contribution in [3.05, 3.63) is 116 Å². The molecule has 186 valence electrons. The number of carbonyl (C=O) groups excluding carboxylic acids is 1. The molecule has 8 nitrogen and oxygen atoms in total. The Labute approximate surface area is 221 Å². The molecule has 4 aromatic heterocycles. The van der Waals surface area contributed by atoms with Crippen molar-refractivity contribution in [3.63, 3.8) is 0 Å². The smallest absolute Gasteiger partial charge is 0.280 e. The molecule has 0 amide bonds. The molecule has 5 rings (SSSR count). The van der Waals surface area contributed by atoms with Crippen LogP contribution in [-0.4, -0.2) is 30.3 Å². The summed E-state index contributed by atoms with van der Waals surface area (Å²) in [5.74, 6) is -0.0659. The molecule has 0 bridgehead atoms. The molecule has 0 saturated carbocycles. The van der Waals surface area contributed by atoms with Crippen LogP contribution in [0, 0.1) is 0 Å². The maximum absolute atomic E-state index is 13.3. The third-order valence-corrected chi connectivity index (χ3v) is 6.95. The Hall–Kier alpha value is -4.21. The predicted octanol–water partition coefficient (Wildman–Crippen LogP) is 5.07. The Balaban J connectivity index is 1.45. The Bertz CT molecular complexity index is 1600. The normalized spacial score (nSPS) is 10.9. The van der Waals surface area contributed by atoms with E-state index in [1.807, 2.05) is 36.4 Å². The van der Waals surface area contributed by atoms with Gasteiger partial charge in [0.05, 0.1) is 16.6 Å². The van der Waals surface area contributed by atoms with Crippen molar-refractivity contribution in [3.8, 4) is 17.1 Å². The first-order valence-electron chi connectivity index (χ1n) is 11.5. The third-order valence-electron chi connectivity index (χ3n) is 5.71. The number of nitrogens with one attached hydrogen (secondary N) is 1. The first kappa shape index (κ1) is 24.5. The lowest BCUT2D eigenvalue weighted by molar-refractivity contribution is 0.0948. The zero-order chi connectivity index (χ0) is 25.8. The van der Waals surface area contributed by atoms with Crippen LogP contribution < -0.4 is 10.9 Å². The molecular weight excluding hydrogens is 510 g/mol. The van der Waals surface area contributed by atoms with E-state index in [2.05, 4.69) is 15.4 Å². The molecule has 0 radical (unpaired) electrons. The van der Waals surface area contributed by atoms with Gasteiger partial charge in [-0.2, -0.15) is 9.78 Å². The van der Waals surface area contributed by atoms with Crippen LogP contribution in [0.5, 0.6) is 5.88 Å². The van der Waals surface area contributed by atoms with Crippen molar-refractivity contribution in [2.24, 2.45) is 0 Å². The van der Waals surface area contributed by atoms with Gasteiger partial charge < -0.3 is 10.4 Å². The minimum Gasteiger partial charge on any atom is -0.494 e. The van der Waals surface area contributed by atoms with Gasteiger partial charge >= 0.3 is 0 Å². The number of anilines is 1. The van der Waals surface area contributed by atoms with Crippen molar-refractivity contribution in [1.82, 2.24) is 19.3 Å². The quantitative estimate of drug-likeness (QED) is 0.290. The number of hydrogen-bond acceptors (Lipinski definition) is 7. The minimum absolute atomic E-state index is 0.190. The monoisotopic (exact) mass is 531 g/mol. The molecule has 1 aromatic carbocycles. The molecule has 0 saturated heterocycles. The summed E-state index contributed by atoms with van der Waals surface area (Å²) < 4.78 is 3.22. The summed E-state index contributed by atoms with van der Waals surface area (Å²) in [6.45, 7) is 0.712. The van der Waals surface area contributed by atoms with Gasteiger partial charge in [-0.1, -0.05) is 35.9 Å². The summed E-state index contributed by atoms with van der Waals surface area (Å²) in [5.41, 5.74) is 1.68. The van der Waals surface area contributed by atoms with Crippen molar-refractivity contribution < 1.29 is 9.90 Å². The second kappa shape index (κ2) is 10.8. The number of benzene rings is 1. The lowest BCUT2D eigenvalue weighted by Crippen LogP contribution is -2.20. The van der Waals surface area contributed by atoms with Crippen molar-refractivity contribution in [2.75, 3.05) is 5.32 Å². The highest BCUT2D eigenvalue weighted by Gasteiger charge is 2.19. The van der Waals surface area contributed by atoms with Gasteiger partial charge in [0.1, 0.15) is 5.82 Å². The van der Waals surface area contributed by atoms with Crippen LogP contribution >= 0.6 is 22.9 Å². The van der Waals surface area contributed by atoms with Gasteiger partial charge in [0, 0.05) is 59.1 Å². The van der Waals surface area contributed by atoms with Crippen LogP contribution in [0.1, 0.15) is 20.9 Å². The van der Waals surface area contributed by atoms with Gasteiger partial charge in [-0.3, -0.25) is 19.1 Å². The molecule has 4 heterocycles. The molecule has 0 atom stereocenters. The number of aromatic hydroxyl groups is 1. The van der Waals surface area contributed by atoms with E-state index >= 15 is 0 Å². The Morgan fingerprint density at radius 2 is 1.84 bits per heavy atom. The number of nitrogens with zero attached hydrogens (tertiary/aromatic N) is 4. The van der Waals surface area contributed by atoms with Gasteiger partial charge in [0.15, 0.2) is 5.88 Å². The molecule has 0 fully saturated rings. The maximum Gasteiger partial charge on any atom is 0.280 e. The highest BCUT2D eigenvalue weighted by atomic mass is 35.5. The van der Waals surface area contributed by atoms with Crippen molar-refractivity contribution >= 4 is 34.7 Å². The number of halogens is 1. The van der Waals surface area contributed by atoms with Gasteiger partial charge in [0.25, 0.3) is 11.5 Å². The Morgan fingerprint density at radius 1 is 1.03 bits per heavy atom. The second-order valence-corrected chi connectivity index (χ2v) is 10.0. The number of aromatic nitrogens is 4. The molecule has 10 heteroatoms. The number of hydrogen-bond donors (Lipinski definition) is 2. The second-order valence-electron chi connectivity index (χ2n) is 8.22. The van der Waals surface area contributed by atoms with E-state index in [0.29, 0.717) is 39.9 Å². The topological polar surface area (TPSA) is 102 Å². The predicted molar refractivity (Wildman–Crippen MR) is 144 cm³/mol. The van der Waals surface area contributed by atoms with Crippen LogP contribution in [0.2, 0.25) is 4.34 Å². The number of carbonyl (C=O) groups is 1. The van der Waals surface area contributed by atoms with E-state index in [1.165, 1.54) is 32.7 Å². The minimum atomic E-state index is -0.377. The molecule has 5 aromatic rings. The van der Waals surface area contributed by atoms with E-state index in [1.54, 1.807) is 36.5 Å². The summed E-state index contributed by atoms with van der Waals surface area (Å²) in [5, 5.41) is 18.4. The average Bonchev–Trinajstić information content (AvgIpc) is 3.53. The van der Waals surface area contributed by atoms with Gasteiger partial charge in [-0.15, -0.1) is 11.3 Å². The average molecular weight is 532 g/mol. The van der Waals surface area contributed by atoms with E-state index in [9.17, 15) is 14.7 Å². The van der Waals surface area contributed by atoms with Crippen LogP contribution in [0.3, 0.4) is 0 Å². The lowest BCUT2D eigenvalue weighted by atomic mass is 10.2. The summed E-state index contributed by atoms with van der Waals surface area (Å²) in [7, 11) is 0. The third kappa shape index (κ3) is 5.63. The summed E-state index contributed by atoms with van der Waals surface area (Å²) in [6, 6.07) is 22.6. The number of thiophene rings is 1. The summed E-state index contributed by atoms with van der Waals surface area (Å²) >= 11 is 7.48. The standard InChI is InChI=1S/C27H22ClN5O3S/c28-23-10-9-21(37-23)17-30-24-16-22(31-33(24)27(36)18-6-2-1-3-7-18)19-14-25(34)32(26(35)15-19)13-11-20-8-4-5-12-29-20/h1-10,12,14-16,30,34H,11,13,17H2. The fourth-order valence-electron chi connectivity index (χ4n) is 3.86. The molecule has 37 heavy (non-hydrogen) atoms. The highest BCUT2D eigenvalue weighted by Crippen LogP contribution is 2.27. The fourth-order valence-corrected chi connectivity index (χ4v) is 4.89. The Morgan fingerprint density at radius 3 is 2.54 bits per heavy atom. The number of aryl methyl sites for hydroxylation is 1. The summed E-state index contributed by atoms with van der Waals surface area (Å²) in [6.07, 6.45) is 2.18. The fraction of sp³-hybridized carbons (Fsp3) is 0.111. The van der Waals surface area contributed by atoms with Crippen molar-refractivity contribution in [1.29, 1.82) is 0 Å². The zero-order valence-corrected chi connectivity index (χ0v) is 21.1. The van der Waals surface area contributed by atoms with E-state index < -0.39 is 0 Å². The van der Waals surface area contributed by atoms with E-state index in [0.717, 1.165) is 10.6 Å². The first-order valence-corrected chi connectivity index (χ1v) is 12.7. The number of pyridine rings is 2. The molecule has 0 spiro atoms. The zero-order valence-electron chi connectivity index (χ0n) is 19.5. The van der Waals surface area contributed by atoms with Crippen LogP contribution in [0.4, 0.5) is 5.82 Å². The van der Waals surface area contributed by atoms with E-state index in [-0.39, 0.29) is 23.9 Å². The molecule has 0 unspecified atom stereocenters. The van der Waals surface area contributed by atoms with Gasteiger partial charge in [0.2, 0.25) is 0 Å². The molecular formula is C27H22ClN5O3S. The summed E-state index contributed by atoms with van der Waals surface area (Å²) in [4.78, 5) is 31.4. The molecule has 0 aliphatic carbocycles. The van der Waals surface area contributed by atoms with Gasteiger partial charge in [-0.25, -0.2) is 0 Å². The first-order chi connectivity index (χ1) is 18.0. The Kier molecular flexibility index (Phi) is 7.16. The largest absolute Gasteiger partial charge is 0.494 e. The SMILES string of the molecule is O=C(c1ccccc1)n1nc(-c2cc(O)n(CCc3ccccn3)c(=O)c2)cc1NCc1ccc(Cl)s1. The van der Waals surface area contributed by atoms with Crippen LogP contribution in [0.15, 0.2) is 89.9 Å². The molecule has 0 aliphatic heterocycles. The van der Waals surface area contributed by atoms with Crippen LogP contribution in [-0.2, 0) is 19.5 Å². The van der Waals surface area contributed by atoms with Crippen molar-refractivity contribution in [2.45, 2.75) is 19.5 Å².